The number of hydrogen-bond donors (Lipinski definition) is 1. The van der Waals surface area contributed by atoms with Gasteiger partial charge in [0.15, 0.2) is 0 Å². The van der Waals surface area contributed by atoms with Crippen molar-refractivity contribution in [3.8, 4) is 0 Å². The summed E-state index contributed by atoms with van der Waals surface area (Å²) >= 11 is 0. The number of aryl methyl sites for hydroxylation is 1. The van der Waals surface area contributed by atoms with Crippen molar-refractivity contribution in [2.75, 3.05) is 26.2 Å². The van der Waals surface area contributed by atoms with Crippen LogP contribution in [0.2, 0.25) is 0 Å². The molecule has 1 saturated heterocycles. The van der Waals surface area contributed by atoms with Crippen molar-refractivity contribution in [3.63, 3.8) is 0 Å². The van der Waals surface area contributed by atoms with Crippen LogP contribution in [0.5, 0.6) is 0 Å². The van der Waals surface area contributed by atoms with E-state index in [2.05, 4.69) is 43.0 Å². The molecular formula is C16H26N2. The largest absolute Gasteiger partial charge is 0.330 e. The lowest BCUT2D eigenvalue weighted by atomic mass is 9.83. The molecule has 100 valence electrons. The molecule has 2 N–H and O–H groups in total. The SMILES string of the molecule is Cc1ccc(CC(C)(CN)CN2CCCC2)cc1. The van der Waals surface area contributed by atoms with E-state index in [1.54, 1.807) is 0 Å². The fourth-order valence-electron chi connectivity index (χ4n) is 2.87. The predicted octanol–water partition coefficient (Wildman–Crippen LogP) is 2.60. The van der Waals surface area contributed by atoms with E-state index in [4.69, 9.17) is 5.73 Å². The maximum absolute atomic E-state index is 6.04. The zero-order chi connectivity index (χ0) is 13.0. The summed E-state index contributed by atoms with van der Waals surface area (Å²) in [7, 11) is 0. The van der Waals surface area contributed by atoms with Crippen LogP contribution in [0, 0.1) is 12.3 Å². The van der Waals surface area contributed by atoms with Gasteiger partial charge in [-0.15, -0.1) is 0 Å². The molecule has 2 heteroatoms. The molecule has 1 atom stereocenters. The highest BCUT2D eigenvalue weighted by atomic mass is 15.1. The molecule has 0 aliphatic carbocycles. The Hall–Kier alpha value is -0.860. The zero-order valence-corrected chi connectivity index (χ0v) is 11.8. The van der Waals surface area contributed by atoms with Crippen molar-refractivity contribution in [1.82, 2.24) is 4.90 Å². The average molecular weight is 246 g/mol. The molecule has 1 aromatic carbocycles. The molecule has 2 nitrogen and oxygen atoms in total. The van der Waals surface area contributed by atoms with Crippen LogP contribution < -0.4 is 5.73 Å². The lowest BCUT2D eigenvalue weighted by Gasteiger charge is -2.33. The Morgan fingerprint density at radius 2 is 1.78 bits per heavy atom. The summed E-state index contributed by atoms with van der Waals surface area (Å²) < 4.78 is 0. The predicted molar refractivity (Wildman–Crippen MR) is 77.7 cm³/mol. The second-order valence-corrected chi connectivity index (χ2v) is 6.16. The van der Waals surface area contributed by atoms with Gasteiger partial charge in [0.2, 0.25) is 0 Å². The first-order valence-electron chi connectivity index (χ1n) is 7.09. The molecule has 1 aliphatic heterocycles. The first-order chi connectivity index (χ1) is 8.61. The van der Waals surface area contributed by atoms with Crippen LogP contribution in [0.1, 0.15) is 30.9 Å². The topological polar surface area (TPSA) is 29.3 Å². The number of likely N-dealkylation sites (tertiary alicyclic amines) is 1. The molecule has 1 unspecified atom stereocenters. The van der Waals surface area contributed by atoms with Gasteiger partial charge in [0, 0.05) is 6.54 Å². The Labute approximate surface area is 111 Å². The Bertz CT molecular complexity index is 365. The maximum Gasteiger partial charge on any atom is 0.00506 e. The minimum absolute atomic E-state index is 0.208. The summed E-state index contributed by atoms with van der Waals surface area (Å²) in [4.78, 5) is 2.57. The zero-order valence-electron chi connectivity index (χ0n) is 11.8. The molecule has 18 heavy (non-hydrogen) atoms. The summed E-state index contributed by atoms with van der Waals surface area (Å²) in [6.45, 7) is 8.86. The van der Waals surface area contributed by atoms with Crippen LogP contribution in [-0.2, 0) is 6.42 Å². The number of nitrogens with two attached hydrogens (primary N) is 1. The summed E-state index contributed by atoms with van der Waals surface area (Å²) in [5, 5.41) is 0. The van der Waals surface area contributed by atoms with Crippen LogP contribution >= 0.6 is 0 Å². The molecule has 0 bridgehead atoms. The van der Waals surface area contributed by atoms with E-state index in [9.17, 15) is 0 Å². The highest BCUT2D eigenvalue weighted by Gasteiger charge is 2.27. The first kappa shape index (κ1) is 13.6. The lowest BCUT2D eigenvalue weighted by molar-refractivity contribution is 0.196. The van der Waals surface area contributed by atoms with E-state index in [1.165, 1.54) is 37.1 Å². The minimum Gasteiger partial charge on any atom is -0.330 e. The normalized spacial score (nSPS) is 19.9. The van der Waals surface area contributed by atoms with Gasteiger partial charge >= 0.3 is 0 Å². The molecule has 0 aromatic heterocycles. The van der Waals surface area contributed by atoms with E-state index in [1.807, 2.05) is 0 Å². The van der Waals surface area contributed by atoms with E-state index in [-0.39, 0.29) is 5.41 Å². The van der Waals surface area contributed by atoms with Crippen molar-refractivity contribution < 1.29 is 0 Å². The third-order valence-electron chi connectivity index (χ3n) is 4.05. The monoisotopic (exact) mass is 246 g/mol. The summed E-state index contributed by atoms with van der Waals surface area (Å²) in [6, 6.07) is 8.88. The van der Waals surface area contributed by atoms with Crippen molar-refractivity contribution in [2.45, 2.75) is 33.1 Å². The van der Waals surface area contributed by atoms with Crippen LogP contribution in [0.4, 0.5) is 0 Å². The molecule has 1 fully saturated rings. The number of benzene rings is 1. The Balaban J connectivity index is 1.99. The summed E-state index contributed by atoms with van der Waals surface area (Å²) in [5.41, 5.74) is 8.98. The van der Waals surface area contributed by atoms with Gasteiger partial charge in [-0.1, -0.05) is 36.8 Å². The van der Waals surface area contributed by atoms with E-state index >= 15 is 0 Å². The standard InChI is InChI=1S/C16H26N2/c1-14-5-7-15(8-6-14)11-16(2,12-17)13-18-9-3-4-10-18/h5-8H,3-4,9-13,17H2,1-2H3. The third kappa shape index (κ3) is 3.56. The maximum atomic E-state index is 6.04. The van der Waals surface area contributed by atoms with Crippen LogP contribution in [0.15, 0.2) is 24.3 Å². The lowest BCUT2D eigenvalue weighted by Crippen LogP contribution is -2.41. The third-order valence-corrected chi connectivity index (χ3v) is 4.05. The number of nitrogens with zero attached hydrogens (tertiary/aromatic N) is 1. The average Bonchev–Trinajstić information content (AvgIpc) is 2.85. The van der Waals surface area contributed by atoms with Gasteiger partial charge in [0.05, 0.1) is 0 Å². The number of hydrogen-bond acceptors (Lipinski definition) is 2. The van der Waals surface area contributed by atoms with Crippen LogP contribution in [0.3, 0.4) is 0 Å². The van der Waals surface area contributed by atoms with Crippen LogP contribution in [0.25, 0.3) is 0 Å². The Morgan fingerprint density at radius 3 is 2.33 bits per heavy atom. The second kappa shape index (κ2) is 5.85. The molecule has 1 aromatic rings. The van der Waals surface area contributed by atoms with Gasteiger partial charge in [-0.2, -0.15) is 0 Å². The van der Waals surface area contributed by atoms with Gasteiger partial charge in [0.25, 0.3) is 0 Å². The highest BCUT2D eigenvalue weighted by molar-refractivity contribution is 5.22. The summed E-state index contributed by atoms with van der Waals surface area (Å²) in [6.07, 6.45) is 3.79. The van der Waals surface area contributed by atoms with Crippen molar-refractivity contribution in [2.24, 2.45) is 11.1 Å². The molecule has 1 heterocycles. The highest BCUT2D eigenvalue weighted by Crippen LogP contribution is 2.25. The van der Waals surface area contributed by atoms with E-state index < -0.39 is 0 Å². The van der Waals surface area contributed by atoms with Crippen molar-refractivity contribution in [1.29, 1.82) is 0 Å². The van der Waals surface area contributed by atoms with E-state index in [0.717, 1.165) is 19.5 Å². The molecule has 0 amide bonds. The minimum atomic E-state index is 0.208. The Morgan fingerprint density at radius 1 is 1.17 bits per heavy atom. The van der Waals surface area contributed by atoms with Crippen molar-refractivity contribution >= 4 is 0 Å². The van der Waals surface area contributed by atoms with E-state index in [0.29, 0.717) is 0 Å². The number of rotatable bonds is 5. The van der Waals surface area contributed by atoms with Gasteiger partial charge in [-0.05, 0) is 56.8 Å². The smallest absolute Gasteiger partial charge is 0.00506 e. The molecule has 0 radical (unpaired) electrons. The Kier molecular flexibility index (Phi) is 4.41. The van der Waals surface area contributed by atoms with Crippen LogP contribution in [-0.4, -0.2) is 31.1 Å². The van der Waals surface area contributed by atoms with Gasteiger partial charge < -0.3 is 10.6 Å². The van der Waals surface area contributed by atoms with Gasteiger partial charge in [0.1, 0.15) is 0 Å². The molecular weight excluding hydrogens is 220 g/mol. The van der Waals surface area contributed by atoms with Gasteiger partial charge in [-0.3, -0.25) is 0 Å². The summed E-state index contributed by atoms with van der Waals surface area (Å²) in [5.74, 6) is 0. The fourth-order valence-corrected chi connectivity index (χ4v) is 2.87. The molecule has 0 saturated carbocycles. The fraction of sp³-hybridized carbons (Fsp3) is 0.625. The van der Waals surface area contributed by atoms with Gasteiger partial charge in [-0.25, -0.2) is 0 Å². The molecule has 1 aliphatic rings. The molecule has 2 rings (SSSR count). The quantitative estimate of drug-likeness (QED) is 0.865. The van der Waals surface area contributed by atoms with Crippen molar-refractivity contribution in [3.05, 3.63) is 35.4 Å². The molecule has 0 spiro atoms. The first-order valence-corrected chi connectivity index (χ1v) is 7.09. The second-order valence-electron chi connectivity index (χ2n) is 6.16.